The Kier molecular flexibility index (Phi) is 4.92. The molecule has 0 atom stereocenters. The quantitative estimate of drug-likeness (QED) is 0.169. The first-order valence-electron chi connectivity index (χ1n) is 18.1. The SMILES string of the molecule is c1ccc(-c2c3cc4c(cc3c(-c3ccccn3)c3c5ccc6ccc7cccc8cc(c23)c5c6c78)c2cc3ccccc3c3cccc4c32)cc1. The van der Waals surface area contributed by atoms with Gasteiger partial charge < -0.3 is 0 Å². The van der Waals surface area contributed by atoms with Crippen LogP contribution in [0.1, 0.15) is 0 Å². The highest BCUT2D eigenvalue weighted by Gasteiger charge is 2.27. The normalized spacial score (nSPS) is 12.6. The van der Waals surface area contributed by atoms with Gasteiger partial charge in [0.05, 0.1) is 5.69 Å². The number of rotatable bonds is 2. The Morgan fingerprint density at radius 2 is 0.904 bits per heavy atom. The lowest BCUT2D eigenvalue weighted by Gasteiger charge is -2.17. The maximum absolute atomic E-state index is 5.11. The minimum atomic E-state index is 1.00. The molecule has 13 aromatic rings. The van der Waals surface area contributed by atoms with Crippen LogP contribution >= 0.6 is 0 Å². The van der Waals surface area contributed by atoms with Gasteiger partial charge in [0.2, 0.25) is 0 Å². The maximum Gasteiger partial charge on any atom is 0.0714 e. The van der Waals surface area contributed by atoms with E-state index in [0.29, 0.717) is 0 Å². The van der Waals surface area contributed by atoms with Crippen molar-refractivity contribution in [1.29, 1.82) is 0 Å². The second kappa shape index (κ2) is 9.48. The largest absolute Gasteiger partial charge is 0.256 e. The second-order valence-electron chi connectivity index (χ2n) is 14.6. The Morgan fingerprint density at radius 3 is 1.77 bits per heavy atom. The first kappa shape index (κ1) is 27.0. The first-order chi connectivity index (χ1) is 25.8. The fraction of sp³-hybridized carbons (Fsp3) is 0. The summed E-state index contributed by atoms with van der Waals surface area (Å²) < 4.78 is 0. The molecule has 0 saturated heterocycles. The molecule has 0 fully saturated rings. The molecule has 1 heterocycles. The van der Waals surface area contributed by atoms with Gasteiger partial charge >= 0.3 is 0 Å². The monoisotopic (exact) mass is 653 g/mol. The lowest BCUT2D eigenvalue weighted by Crippen LogP contribution is -1.91. The van der Waals surface area contributed by atoms with Gasteiger partial charge in [-0.15, -0.1) is 0 Å². The Hall–Kier alpha value is -6.83. The van der Waals surface area contributed by atoms with Gasteiger partial charge in [0, 0.05) is 17.1 Å². The third kappa shape index (κ3) is 3.23. The molecule has 0 amide bonds. The van der Waals surface area contributed by atoms with E-state index in [-0.39, 0.29) is 0 Å². The molecule has 1 aromatic heterocycles. The average Bonchev–Trinajstić information content (AvgIpc) is 3.70. The summed E-state index contributed by atoms with van der Waals surface area (Å²) in [4.78, 5) is 5.11. The van der Waals surface area contributed by atoms with Gasteiger partial charge in [0.25, 0.3) is 0 Å². The minimum absolute atomic E-state index is 1.00. The molecule has 13 rings (SSSR count). The molecule has 0 spiro atoms. The van der Waals surface area contributed by atoms with E-state index in [1.54, 1.807) is 0 Å². The van der Waals surface area contributed by atoms with Crippen molar-refractivity contribution in [1.82, 2.24) is 4.98 Å². The molecule has 0 saturated carbocycles. The van der Waals surface area contributed by atoms with E-state index in [9.17, 15) is 0 Å². The molecule has 0 N–H and O–H groups in total. The van der Waals surface area contributed by atoms with Crippen LogP contribution in [0.15, 0.2) is 164 Å². The first-order valence-corrected chi connectivity index (χ1v) is 18.1. The van der Waals surface area contributed by atoms with Gasteiger partial charge in [-0.1, -0.05) is 121 Å². The Labute approximate surface area is 298 Å². The molecular formula is C51H27N. The smallest absolute Gasteiger partial charge is 0.0714 e. The van der Waals surface area contributed by atoms with Crippen molar-refractivity contribution >= 4 is 108 Å². The molecule has 0 bridgehead atoms. The lowest BCUT2D eigenvalue weighted by atomic mass is 9.86. The molecular weight excluding hydrogens is 627 g/mol. The third-order valence-electron chi connectivity index (χ3n) is 12.1. The highest BCUT2D eigenvalue weighted by atomic mass is 14.7. The van der Waals surface area contributed by atoms with Gasteiger partial charge in [-0.25, -0.2) is 0 Å². The van der Waals surface area contributed by atoms with E-state index in [4.69, 9.17) is 4.98 Å². The van der Waals surface area contributed by atoms with Crippen LogP contribution in [0.25, 0.3) is 130 Å². The summed E-state index contributed by atoms with van der Waals surface area (Å²) in [6.07, 6.45) is 1.94. The van der Waals surface area contributed by atoms with Crippen LogP contribution in [0.4, 0.5) is 0 Å². The summed E-state index contributed by atoms with van der Waals surface area (Å²) in [5, 5.41) is 26.2. The Morgan fingerprint density at radius 1 is 0.269 bits per heavy atom. The van der Waals surface area contributed by atoms with Crippen LogP contribution in [0.5, 0.6) is 0 Å². The van der Waals surface area contributed by atoms with E-state index in [0.717, 1.165) is 5.69 Å². The predicted molar refractivity (Wildman–Crippen MR) is 224 cm³/mol. The zero-order valence-electron chi connectivity index (χ0n) is 28.0. The van der Waals surface area contributed by atoms with Crippen molar-refractivity contribution < 1.29 is 0 Å². The molecule has 1 nitrogen and oxygen atoms in total. The maximum atomic E-state index is 5.11. The van der Waals surface area contributed by atoms with E-state index in [1.165, 1.54) is 124 Å². The fourth-order valence-electron chi connectivity index (χ4n) is 10.1. The summed E-state index contributed by atoms with van der Waals surface area (Å²) in [5.41, 5.74) is 4.74. The molecule has 0 unspecified atom stereocenters. The van der Waals surface area contributed by atoms with E-state index >= 15 is 0 Å². The highest BCUT2D eigenvalue weighted by Crippen LogP contribution is 2.54. The van der Waals surface area contributed by atoms with Crippen LogP contribution in [-0.2, 0) is 0 Å². The van der Waals surface area contributed by atoms with Crippen molar-refractivity contribution in [3.63, 3.8) is 0 Å². The van der Waals surface area contributed by atoms with Gasteiger partial charge in [-0.05, 0) is 150 Å². The summed E-state index contributed by atoms with van der Waals surface area (Å²) in [7, 11) is 0. The standard InChI is InChI=1S/C51H27N/c1-2-10-28(11-3-1)45-40-26-37-35-17-9-16-34-33-15-5-4-12-31(33)24-39(47(34)35)38(37)27-41(40)49(43-18-6-7-23-52-43)50-36-22-21-30-20-19-29-13-8-14-32-25-42(51(45)50)48(36)46(30)44(29)32/h1-27H. The summed E-state index contributed by atoms with van der Waals surface area (Å²) in [5.74, 6) is 0. The van der Waals surface area contributed by atoms with Crippen LogP contribution < -0.4 is 0 Å². The molecule has 12 aromatic carbocycles. The van der Waals surface area contributed by atoms with Crippen molar-refractivity contribution in [2.45, 2.75) is 0 Å². The van der Waals surface area contributed by atoms with E-state index < -0.39 is 0 Å². The molecule has 0 radical (unpaired) electrons. The molecule has 0 aliphatic carbocycles. The lowest BCUT2D eigenvalue weighted by molar-refractivity contribution is 1.34. The topological polar surface area (TPSA) is 12.9 Å². The zero-order valence-corrected chi connectivity index (χ0v) is 28.0. The van der Waals surface area contributed by atoms with E-state index in [1.807, 2.05) is 12.3 Å². The molecule has 52 heavy (non-hydrogen) atoms. The Bertz CT molecular complexity index is 3600. The van der Waals surface area contributed by atoms with Crippen molar-refractivity contribution in [2.24, 2.45) is 0 Å². The van der Waals surface area contributed by atoms with Crippen molar-refractivity contribution in [3.8, 4) is 22.4 Å². The van der Waals surface area contributed by atoms with E-state index in [2.05, 4.69) is 152 Å². The van der Waals surface area contributed by atoms with Crippen molar-refractivity contribution in [2.75, 3.05) is 0 Å². The fourth-order valence-corrected chi connectivity index (χ4v) is 10.1. The number of aromatic nitrogens is 1. The second-order valence-corrected chi connectivity index (χ2v) is 14.6. The predicted octanol–water partition coefficient (Wildman–Crippen LogP) is 14.3. The summed E-state index contributed by atoms with van der Waals surface area (Å²) >= 11 is 0. The number of fused-ring (bicyclic) bond motifs is 9. The zero-order chi connectivity index (χ0) is 33.7. The molecule has 0 aliphatic rings. The summed E-state index contributed by atoms with van der Waals surface area (Å²) in [6, 6.07) is 59.0. The van der Waals surface area contributed by atoms with Crippen LogP contribution in [-0.4, -0.2) is 4.98 Å². The third-order valence-corrected chi connectivity index (χ3v) is 12.1. The minimum Gasteiger partial charge on any atom is -0.256 e. The van der Waals surface area contributed by atoms with Crippen LogP contribution in [0.2, 0.25) is 0 Å². The molecule has 236 valence electrons. The number of hydrogen-bond acceptors (Lipinski definition) is 1. The molecule has 0 aliphatic heterocycles. The number of benzene rings is 10. The van der Waals surface area contributed by atoms with Crippen LogP contribution in [0, 0.1) is 0 Å². The summed E-state index contributed by atoms with van der Waals surface area (Å²) in [6.45, 7) is 0. The number of nitrogens with zero attached hydrogens (tertiary/aromatic N) is 1. The van der Waals surface area contributed by atoms with Gasteiger partial charge in [-0.2, -0.15) is 0 Å². The van der Waals surface area contributed by atoms with Gasteiger partial charge in [0.15, 0.2) is 0 Å². The number of pyridine rings is 1. The highest BCUT2D eigenvalue weighted by molar-refractivity contribution is 6.46. The number of hydrogen-bond donors (Lipinski definition) is 0. The van der Waals surface area contributed by atoms with Gasteiger partial charge in [-0.3, -0.25) is 4.98 Å². The van der Waals surface area contributed by atoms with Crippen molar-refractivity contribution in [3.05, 3.63) is 164 Å². The Balaban J connectivity index is 1.36. The van der Waals surface area contributed by atoms with Gasteiger partial charge in [0.1, 0.15) is 0 Å². The molecule has 1 heteroatoms. The average molecular weight is 654 g/mol. The van der Waals surface area contributed by atoms with Crippen LogP contribution in [0.3, 0.4) is 0 Å².